The highest BCUT2D eigenvalue weighted by Gasteiger charge is 2.83. The minimum atomic E-state index is -7.57. The van der Waals surface area contributed by atoms with Gasteiger partial charge in [-0.15, -0.1) is 0 Å². The van der Waals surface area contributed by atoms with Gasteiger partial charge >= 0.3 is 71.8 Å². The standard InChI is InChI=1S/C21H16F27NO/c22-10(23,13(28,29)16(34,35)19(40,41)42)4-1-7-49(8-2-5-11(24,25)14(30,31)17(36,37)20(43,44)45)9(50)3-6-12(26,27)15(32,33)18(38,39)21(46,47)48/h1-8H2. The maximum absolute atomic E-state index is 13.8. The van der Waals surface area contributed by atoms with Crippen molar-refractivity contribution in [3.63, 3.8) is 0 Å². The number of nitrogens with zero attached hydrogens (tertiary/aromatic N) is 1. The lowest BCUT2D eigenvalue weighted by atomic mass is 9.98. The fraction of sp³-hybridized carbons (Fsp3) is 0.952. The molecule has 0 aliphatic rings. The molecule has 0 saturated carbocycles. The van der Waals surface area contributed by atoms with Gasteiger partial charge in [-0.2, -0.15) is 119 Å². The molecule has 29 heteroatoms. The molecule has 0 aliphatic heterocycles. The zero-order valence-corrected chi connectivity index (χ0v) is 23.2. The van der Waals surface area contributed by atoms with Crippen molar-refractivity contribution in [1.29, 1.82) is 0 Å². The zero-order chi connectivity index (χ0) is 40.8. The molecule has 0 rings (SSSR count). The number of rotatable bonds is 17. The molecular weight excluding hydrogens is 795 g/mol. The van der Waals surface area contributed by atoms with Crippen LogP contribution >= 0.6 is 0 Å². The maximum Gasteiger partial charge on any atom is 0.460 e. The summed E-state index contributed by atoms with van der Waals surface area (Å²) in [7, 11) is 0. The molecule has 300 valence electrons. The smallest absolute Gasteiger partial charge is 0.343 e. The van der Waals surface area contributed by atoms with Crippen molar-refractivity contribution in [2.45, 2.75) is 110 Å². The van der Waals surface area contributed by atoms with Gasteiger partial charge in [0.2, 0.25) is 5.91 Å². The quantitative estimate of drug-likeness (QED) is 0.134. The largest absolute Gasteiger partial charge is 0.460 e. The number of amides is 1. The first-order valence-electron chi connectivity index (χ1n) is 12.3. The van der Waals surface area contributed by atoms with E-state index in [2.05, 4.69) is 0 Å². The fourth-order valence-electron chi connectivity index (χ4n) is 3.46. The number of alkyl halides is 27. The Hall–Kier alpha value is -2.42. The maximum atomic E-state index is 13.8. The summed E-state index contributed by atoms with van der Waals surface area (Å²) >= 11 is 0. The predicted octanol–water partition coefficient (Wildman–Crippen LogP) is 10.6. The van der Waals surface area contributed by atoms with Gasteiger partial charge in [-0.05, 0) is 12.8 Å². The summed E-state index contributed by atoms with van der Waals surface area (Å²) in [5.74, 6) is -66.9. The van der Waals surface area contributed by atoms with Crippen molar-refractivity contribution in [2.75, 3.05) is 13.1 Å². The van der Waals surface area contributed by atoms with E-state index in [9.17, 15) is 123 Å². The van der Waals surface area contributed by atoms with Crippen molar-refractivity contribution >= 4 is 5.91 Å². The zero-order valence-electron chi connectivity index (χ0n) is 23.2. The van der Waals surface area contributed by atoms with Crippen LogP contribution in [0.1, 0.15) is 38.5 Å². The lowest BCUT2D eigenvalue weighted by Crippen LogP contribution is -2.61. The van der Waals surface area contributed by atoms with Gasteiger partial charge in [0.1, 0.15) is 0 Å². The molecule has 0 aliphatic carbocycles. The Kier molecular flexibility index (Phi) is 13.2. The minimum absolute atomic E-state index is 0.692. The van der Waals surface area contributed by atoms with Crippen LogP contribution in [0.2, 0.25) is 0 Å². The van der Waals surface area contributed by atoms with Gasteiger partial charge in [-0.1, -0.05) is 0 Å². The molecule has 0 atom stereocenters. The Labute approximate surface area is 258 Å². The van der Waals surface area contributed by atoms with Crippen LogP contribution in [0.4, 0.5) is 119 Å². The summed E-state index contributed by atoms with van der Waals surface area (Å²) in [6.45, 7) is -4.02. The third-order valence-electron chi connectivity index (χ3n) is 6.47. The molecule has 0 unspecified atom stereocenters. The summed E-state index contributed by atoms with van der Waals surface area (Å²) in [5.41, 5.74) is 0. The van der Waals surface area contributed by atoms with E-state index in [0.29, 0.717) is 0 Å². The van der Waals surface area contributed by atoms with Crippen LogP contribution in [0.3, 0.4) is 0 Å². The van der Waals surface area contributed by atoms with Gasteiger partial charge in [-0.3, -0.25) is 4.79 Å². The normalized spacial score (nSPS) is 15.8. The molecule has 0 saturated heterocycles. The van der Waals surface area contributed by atoms with Gasteiger partial charge in [0.05, 0.1) is 0 Å². The molecule has 2 nitrogen and oxygen atoms in total. The average Bonchev–Trinajstić information content (AvgIpc) is 2.88. The number of carbonyl (C=O) groups is 1. The second-order valence-electron chi connectivity index (χ2n) is 10.1. The average molecular weight is 811 g/mol. The van der Waals surface area contributed by atoms with Crippen molar-refractivity contribution in [3.8, 4) is 0 Å². The summed E-state index contributed by atoms with van der Waals surface area (Å²) < 4.78 is 351. The Balaban J connectivity index is 6.33. The summed E-state index contributed by atoms with van der Waals surface area (Å²) in [6, 6.07) is 0. The summed E-state index contributed by atoms with van der Waals surface area (Å²) in [4.78, 5) is 11.5. The summed E-state index contributed by atoms with van der Waals surface area (Å²) in [6.07, 6.45) is -37.9. The van der Waals surface area contributed by atoms with Crippen LogP contribution in [-0.2, 0) is 4.79 Å². The highest BCUT2D eigenvalue weighted by molar-refractivity contribution is 5.76. The Morgan fingerprint density at radius 2 is 0.560 bits per heavy atom. The predicted molar refractivity (Wildman–Crippen MR) is 107 cm³/mol. The van der Waals surface area contributed by atoms with E-state index >= 15 is 0 Å². The van der Waals surface area contributed by atoms with Crippen LogP contribution in [0.25, 0.3) is 0 Å². The molecule has 0 aromatic rings. The van der Waals surface area contributed by atoms with E-state index in [-0.39, 0.29) is 0 Å². The van der Waals surface area contributed by atoms with Crippen molar-refractivity contribution in [1.82, 2.24) is 4.90 Å². The van der Waals surface area contributed by atoms with E-state index < -0.39 is 134 Å². The van der Waals surface area contributed by atoms with E-state index in [1.807, 2.05) is 0 Å². The molecule has 0 aromatic carbocycles. The van der Waals surface area contributed by atoms with E-state index in [4.69, 9.17) is 0 Å². The van der Waals surface area contributed by atoms with E-state index in [1.165, 1.54) is 0 Å². The first-order chi connectivity index (χ1) is 21.4. The first kappa shape index (κ1) is 47.6. The number of hydrogen-bond donors (Lipinski definition) is 0. The Morgan fingerprint density at radius 1 is 0.340 bits per heavy atom. The van der Waals surface area contributed by atoms with Gasteiger partial charge < -0.3 is 4.90 Å². The Bertz CT molecular complexity index is 1090. The topological polar surface area (TPSA) is 20.3 Å². The molecule has 0 fully saturated rings. The number of carbonyl (C=O) groups excluding carboxylic acids is 1. The van der Waals surface area contributed by atoms with Gasteiger partial charge in [0.15, 0.2) is 0 Å². The fourth-order valence-corrected chi connectivity index (χ4v) is 3.46. The lowest BCUT2D eigenvalue weighted by Gasteiger charge is -2.35. The molecule has 0 radical (unpaired) electrons. The third kappa shape index (κ3) is 8.61. The summed E-state index contributed by atoms with van der Waals surface area (Å²) in [5, 5.41) is 0. The van der Waals surface area contributed by atoms with Crippen LogP contribution in [0.15, 0.2) is 0 Å². The molecule has 0 bridgehead atoms. The van der Waals surface area contributed by atoms with Crippen LogP contribution in [0, 0.1) is 0 Å². The van der Waals surface area contributed by atoms with Crippen molar-refractivity contribution in [3.05, 3.63) is 0 Å². The minimum Gasteiger partial charge on any atom is -0.343 e. The third-order valence-corrected chi connectivity index (χ3v) is 6.47. The van der Waals surface area contributed by atoms with Gasteiger partial charge in [0, 0.05) is 38.8 Å². The van der Waals surface area contributed by atoms with E-state index in [0.717, 1.165) is 0 Å². The van der Waals surface area contributed by atoms with Gasteiger partial charge in [0.25, 0.3) is 0 Å². The number of hydrogen-bond acceptors (Lipinski definition) is 1. The van der Waals surface area contributed by atoms with Crippen molar-refractivity contribution < 1.29 is 123 Å². The highest BCUT2D eigenvalue weighted by atomic mass is 19.4. The monoisotopic (exact) mass is 811 g/mol. The van der Waals surface area contributed by atoms with Crippen LogP contribution in [0.5, 0.6) is 0 Å². The number of halogens is 27. The second kappa shape index (κ2) is 13.9. The van der Waals surface area contributed by atoms with Crippen LogP contribution < -0.4 is 0 Å². The first-order valence-corrected chi connectivity index (χ1v) is 12.3. The van der Waals surface area contributed by atoms with Gasteiger partial charge in [-0.25, -0.2) is 0 Å². The van der Waals surface area contributed by atoms with Crippen molar-refractivity contribution in [2.24, 2.45) is 0 Å². The Morgan fingerprint density at radius 3 is 0.780 bits per heavy atom. The lowest BCUT2D eigenvalue weighted by molar-refractivity contribution is -0.396. The second-order valence-corrected chi connectivity index (χ2v) is 10.1. The molecule has 0 spiro atoms. The molecule has 0 N–H and O–H groups in total. The molecule has 0 heterocycles. The molecule has 50 heavy (non-hydrogen) atoms. The molecular formula is C21H16F27NO. The van der Waals surface area contributed by atoms with Crippen LogP contribution in [-0.4, -0.2) is 95.7 Å². The molecule has 1 amide bonds. The highest BCUT2D eigenvalue weighted by Crippen LogP contribution is 2.57. The SMILES string of the molecule is O=C(CCC(F)(F)C(F)(F)C(F)(F)C(F)(F)F)N(CCCC(F)(F)C(F)(F)C(F)(F)C(F)(F)F)CCCC(F)(F)C(F)(F)C(F)(F)C(F)(F)F. The molecule has 0 aromatic heterocycles. The van der Waals surface area contributed by atoms with E-state index in [1.54, 1.807) is 0 Å².